The Morgan fingerprint density at radius 1 is 1.57 bits per heavy atom. The van der Waals surface area contributed by atoms with Gasteiger partial charge in [-0.2, -0.15) is 4.31 Å². The summed E-state index contributed by atoms with van der Waals surface area (Å²) in [5.41, 5.74) is 5.60. The van der Waals surface area contributed by atoms with Gasteiger partial charge in [0.25, 0.3) is 5.91 Å². The lowest BCUT2D eigenvalue weighted by atomic mass is 10.2. The van der Waals surface area contributed by atoms with Gasteiger partial charge in [-0.15, -0.1) is 16.4 Å². The van der Waals surface area contributed by atoms with Gasteiger partial charge < -0.3 is 11.1 Å². The predicted octanol–water partition coefficient (Wildman–Crippen LogP) is -0.596. The number of nitrogens with two attached hydrogens (primary N) is 1. The lowest BCUT2D eigenvalue weighted by molar-refractivity contribution is 0.0926. The van der Waals surface area contributed by atoms with E-state index >= 15 is 0 Å². The quantitative estimate of drug-likeness (QED) is 0.754. The van der Waals surface area contributed by atoms with E-state index in [0.717, 1.165) is 0 Å². The standard InChI is InChI=1S/C12H16N6O3S2/c1-17-6-8(11-10(2-5-22-11)23(17,20)21)14-12(19)9-7-18(4-3-13)16-15-9/h2,5,7-8H,3-4,6,13H2,1H3,(H,14,19). The Hall–Kier alpha value is -1.82. The number of likely N-dealkylation sites (N-methyl/N-ethyl adjacent to an activating group) is 1. The van der Waals surface area contributed by atoms with Crippen molar-refractivity contribution < 1.29 is 13.2 Å². The van der Waals surface area contributed by atoms with E-state index in [0.29, 0.717) is 18.0 Å². The molecule has 0 aromatic carbocycles. The molecule has 2 aromatic rings. The van der Waals surface area contributed by atoms with Crippen molar-refractivity contribution in [3.63, 3.8) is 0 Å². The van der Waals surface area contributed by atoms with Crippen LogP contribution in [0.4, 0.5) is 0 Å². The van der Waals surface area contributed by atoms with Gasteiger partial charge >= 0.3 is 0 Å². The molecular formula is C12H16N6O3S2. The molecule has 1 unspecified atom stereocenters. The third-order valence-corrected chi connectivity index (χ3v) is 6.58. The fraction of sp³-hybridized carbons (Fsp3) is 0.417. The van der Waals surface area contributed by atoms with E-state index in [-0.39, 0.29) is 17.1 Å². The number of fused-ring (bicyclic) bond motifs is 1. The van der Waals surface area contributed by atoms with Gasteiger partial charge in [0.15, 0.2) is 5.69 Å². The molecule has 0 fully saturated rings. The molecule has 9 nitrogen and oxygen atoms in total. The van der Waals surface area contributed by atoms with Gasteiger partial charge in [-0.1, -0.05) is 5.21 Å². The molecule has 1 atom stereocenters. The molecule has 2 aromatic heterocycles. The van der Waals surface area contributed by atoms with Crippen LogP contribution in [0.3, 0.4) is 0 Å². The third-order valence-electron chi connectivity index (χ3n) is 3.54. The Labute approximate surface area is 137 Å². The Morgan fingerprint density at radius 3 is 3.09 bits per heavy atom. The molecule has 0 spiro atoms. The normalized spacial score (nSPS) is 20.2. The van der Waals surface area contributed by atoms with Crippen molar-refractivity contribution in [1.29, 1.82) is 0 Å². The summed E-state index contributed by atoms with van der Waals surface area (Å²) in [4.78, 5) is 13.2. The highest BCUT2D eigenvalue weighted by Crippen LogP contribution is 2.35. The van der Waals surface area contributed by atoms with Gasteiger partial charge in [0.05, 0.1) is 23.7 Å². The highest BCUT2D eigenvalue weighted by Gasteiger charge is 2.36. The van der Waals surface area contributed by atoms with Crippen LogP contribution in [0.5, 0.6) is 0 Å². The molecule has 1 aliphatic rings. The van der Waals surface area contributed by atoms with Crippen LogP contribution < -0.4 is 11.1 Å². The molecule has 124 valence electrons. The van der Waals surface area contributed by atoms with E-state index in [2.05, 4.69) is 15.6 Å². The maximum atomic E-state index is 12.3. The van der Waals surface area contributed by atoms with E-state index in [1.54, 1.807) is 11.4 Å². The van der Waals surface area contributed by atoms with Crippen molar-refractivity contribution in [2.24, 2.45) is 5.73 Å². The number of hydrogen-bond acceptors (Lipinski definition) is 7. The monoisotopic (exact) mass is 356 g/mol. The SMILES string of the molecule is CN1CC(NC(=O)c2cn(CCN)nn2)c2sccc2S1(=O)=O. The van der Waals surface area contributed by atoms with Crippen molar-refractivity contribution in [3.05, 3.63) is 28.2 Å². The second kappa shape index (κ2) is 6.00. The number of thiophene rings is 1. The first-order chi connectivity index (χ1) is 10.9. The van der Waals surface area contributed by atoms with E-state index in [4.69, 9.17) is 5.73 Å². The van der Waals surface area contributed by atoms with Crippen molar-refractivity contribution >= 4 is 27.3 Å². The van der Waals surface area contributed by atoms with Gasteiger partial charge in [-0.25, -0.2) is 8.42 Å². The molecule has 0 radical (unpaired) electrons. The number of carbonyl (C=O) groups excluding carboxylic acids is 1. The van der Waals surface area contributed by atoms with E-state index in [1.165, 1.54) is 33.6 Å². The second-order valence-electron chi connectivity index (χ2n) is 5.12. The molecule has 3 heterocycles. The first-order valence-electron chi connectivity index (χ1n) is 6.88. The Morgan fingerprint density at radius 2 is 2.35 bits per heavy atom. The average Bonchev–Trinajstić information content (AvgIpc) is 3.14. The summed E-state index contributed by atoms with van der Waals surface area (Å²) in [6.45, 7) is 1.05. The number of amides is 1. The smallest absolute Gasteiger partial charge is 0.274 e. The van der Waals surface area contributed by atoms with Crippen LogP contribution >= 0.6 is 11.3 Å². The Kier molecular flexibility index (Phi) is 4.19. The number of rotatable bonds is 4. The number of nitrogens with zero attached hydrogens (tertiary/aromatic N) is 4. The molecule has 0 bridgehead atoms. The van der Waals surface area contributed by atoms with Crippen LogP contribution in [0.15, 0.2) is 22.5 Å². The lowest BCUT2D eigenvalue weighted by Gasteiger charge is -2.29. The van der Waals surface area contributed by atoms with Crippen LogP contribution in [0.2, 0.25) is 0 Å². The number of hydrogen-bond donors (Lipinski definition) is 2. The van der Waals surface area contributed by atoms with Gasteiger partial charge in [0.1, 0.15) is 0 Å². The second-order valence-corrected chi connectivity index (χ2v) is 8.08. The van der Waals surface area contributed by atoms with Gasteiger partial charge in [0, 0.05) is 25.0 Å². The minimum absolute atomic E-state index is 0.174. The molecule has 3 N–H and O–H groups in total. The summed E-state index contributed by atoms with van der Waals surface area (Å²) >= 11 is 1.31. The Balaban J connectivity index is 1.81. The van der Waals surface area contributed by atoms with E-state index < -0.39 is 22.0 Å². The Bertz CT molecular complexity index is 827. The van der Waals surface area contributed by atoms with Gasteiger partial charge in [-0.05, 0) is 11.4 Å². The fourth-order valence-corrected chi connectivity index (χ4v) is 5.07. The molecule has 3 rings (SSSR count). The number of carbonyl (C=O) groups is 1. The van der Waals surface area contributed by atoms with Crippen molar-refractivity contribution in [2.45, 2.75) is 17.5 Å². The molecular weight excluding hydrogens is 340 g/mol. The molecule has 11 heteroatoms. The van der Waals surface area contributed by atoms with E-state index in [1.807, 2.05) is 0 Å². The molecule has 0 saturated heterocycles. The highest BCUT2D eigenvalue weighted by atomic mass is 32.2. The molecule has 0 saturated carbocycles. The maximum Gasteiger partial charge on any atom is 0.274 e. The van der Waals surface area contributed by atoms with Crippen LogP contribution in [-0.4, -0.2) is 53.8 Å². The van der Waals surface area contributed by atoms with Crippen molar-refractivity contribution in [1.82, 2.24) is 24.6 Å². The minimum Gasteiger partial charge on any atom is -0.342 e. The first-order valence-corrected chi connectivity index (χ1v) is 9.20. The third kappa shape index (κ3) is 2.87. The van der Waals surface area contributed by atoms with Gasteiger partial charge in [0.2, 0.25) is 10.0 Å². The topological polar surface area (TPSA) is 123 Å². The van der Waals surface area contributed by atoms with Gasteiger partial charge in [-0.3, -0.25) is 9.48 Å². The largest absolute Gasteiger partial charge is 0.342 e. The summed E-state index contributed by atoms with van der Waals surface area (Å²) < 4.78 is 27.2. The molecule has 1 amide bonds. The highest BCUT2D eigenvalue weighted by molar-refractivity contribution is 7.89. The zero-order valence-corrected chi connectivity index (χ0v) is 14.0. The molecule has 23 heavy (non-hydrogen) atoms. The molecule has 1 aliphatic heterocycles. The summed E-state index contributed by atoms with van der Waals surface area (Å²) in [5.74, 6) is -0.398. The number of nitrogens with one attached hydrogen (secondary N) is 1. The minimum atomic E-state index is -3.47. The summed E-state index contributed by atoms with van der Waals surface area (Å²) in [6.07, 6.45) is 1.51. The maximum absolute atomic E-state index is 12.3. The predicted molar refractivity (Wildman–Crippen MR) is 83.4 cm³/mol. The van der Waals surface area contributed by atoms with Crippen molar-refractivity contribution in [2.75, 3.05) is 20.1 Å². The van der Waals surface area contributed by atoms with Crippen LogP contribution in [-0.2, 0) is 16.6 Å². The summed E-state index contributed by atoms with van der Waals surface area (Å²) in [5, 5.41) is 12.1. The molecule has 0 aliphatic carbocycles. The van der Waals surface area contributed by atoms with Crippen LogP contribution in [0, 0.1) is 0 Å². The zero-order valence-electron chi connectivity index (χ0n) is 12.3. The van der Waals surface area contributed by atoms with Crippen molar-refractivity contribution in [3.8, 4) is 0 Å². The van der Waals surface area contributed by atoms with Crippen LogP contribution in [0.1, 0.15) is 21.4 Å². The summed E-state index contributed by atoms with van der Waals surface area (Å²) in [6, 6.07) is 1.15. The first kappa shape index (κ1) is 16.1. The lowest BCUT2D eigenvalue weighted by Crippen LogP contribution is -2.42. The average molecular weight is 356 g/mol. The zero-order chi connectivity index (χ0) is 16.6. The summed E-state index contributed by atoms with van der Waals surface area (Å²) in [7, 11) is -1.97. The number of aromatic nitrogens is 3. The van der Waals surface area contributed by atoms with Crippen LogP contribution in [0.25, 0.3) is 0 Å². The van der Waals surface area contributed by atoms with E-state index in [9.17, 15) is 13.2 Å². The number of sulfonamides is 1. The fourth-order valence-electron chi connectivity index (χ4n) is 2.37.